The lowest BCUT2D eigenvalue weighted by Gasteiger charge is -2.17. The second-order valence-corrected chi connectivity index (χ2v) is 7.99. The molecule has 9 nitrogen and oxygen atoms in total. The fourth-order valence-electron chi connectivity index (χ4n) is 4.10. The molecule has 1 aromatic carbocycles. The van der Waals surface area contributed by atoms with Crippen LogP contribution in [0, 0.1) is 5.82 Å². The van der Waals surface area contributed by atoms with E-state index in [9.17, 15) is 14.0 Å². The fraction of sp³-hybridized carbons (Fsp3) is 0.160. The third-order valence-electron chi connectivity index (χ3n) is 5.73. The van der Waals surface area contributed by atoms with E-state index in [1.165, 1.54) is 19.5 Å². The Morgan fingerprint density at radius 3 is 2.77 bits per heavy atom. The predicted octanol–water partition coefficient (Wildman–Crippen LogP) is 3.01. The number of methoxy groups -OCH3 is 1. The van der Waals surface area contributed by atoms with Crippen LogP contribution in [0.2, 0.25) is 0 Å². The van der Waals surface area contributed by atoms with E-state index in [4.69, 9.17) is 4.74 Å². The molecule has 0 spiro atoms. The van der Waals surface area contributed by atoms with Crippen molar-refractivity contribution in [1.29, 1.82) is 0 Å². The number of ether oxygens (including phenoxy) is 1. The van der Waals surface area contributed by atoms with Crippen molar-refractivity contribution in [3.05, 3.63) is 78.8 Å². The lowest BCUT2D eigenvalue weighted by molar-refractivity contribution is -0.145. The number of H-pyrrole nitrogens is 1. The Kier molecular flexibility index (Phi) is 5.92. The minimum atomic E-state index is -0.824. The molecule has 4 heterocycles. The fourth-order valence-corrected chi connectivity index (χ4v) is 4.10. The third-order valence-corrected chi connectivity index (χ3v) is 5.73. The second-order valence-electron chi connectivity index (χ2n) is 7.99. The van der Waals surface area contributed by atoms with E-state index in [1.54, 1.807) is 23.0 Å². The van der Waals surface area contributed by atoms with E-state index in [0.717, 1.165) is 11.8 Å². The Balaban J connectivity index is 1.40. The zero-order valence-electron chi connectivity index (χ0n) is 18.7. The summed E-state index contributed by atoms with van der Waals surface area (Å²) in [7, 11) is 1.29. The molecule has 5 aromatic rings. The number of halogens is 1. The maximum atomic E-state index is 13.8. The van der Waals surface area contributed by atoms with Gasteiger partial charge in [0.1, 0.15) is 36.0 Å². The van der Waals surface area contributed by atoms with Crippen LogP contribution in [-0.2, 0) is 27.3 Å². The van der Waals surface area contributed by atoms with E-state index in [2.05, 4.69) is 25.3 Å². The number of fused-ring (bicyclic) bond motifs is 2. The van der Waals surface area contributed by atoms with Crippen LogP contribution in [0.15, 0.2) is 67.4 Å². The van der Waals surface area contributed by atoms with E-state index in [-0.39, 0.29) is 12.5 Å². The number of carbonyl (C=O) groups is 2. The van der Waals surface area contributed by atoms with Crippen molar-refractivity contribution in [2.24, 2.45) is 0 Å². The van der Waals surface area contributed by atoms with Crippen molar-refractivity contribution < 1.29 is 18.7 Å². The zero-order chi connectivity index (χ0) is 24.4. The maximum Gasteiger partial charge on any atom is 0.328 e. The average molecular weight is 472 g/mol. The van der Waals surface area contributed by atoms with E-state index >= 15 is 0 Å². The van der Waals surface area contributed by atoms with Crippen molar-refractivity contribution in [2.45, 2.75) is 19.0 Å². The number of carbonyl (C=O) groups excluding carboxylic acids is 2. The number of aromatic amines is 1. The number of amides is 1. The van der Waals surface area contributed by atoms with Crippen LogP contribution < -0.4 is 5.32 Å². The highest BCUT2D eigenvalue weighted by molar-refractivity contribution is 6.01. The van der Waals surface area contributed by atoms with Gasteiger partial charge in [-0.25, -0.2) is 24.1 Å². The van der Waals surface area contributed by atoms with Crippen LogP contribution in [0.1, 0.15) is 5.56 Å². The smallest absolute Gasteiger partial charge is 0.328 e. The van der Waals surface area contributed by atoms with Crippen molar-refractivity contribution in [1.82, 2.24) is 29.8 Å². The second kappa shape index (κ2) is 9.34. The van der Waals surface area contributed by atoms with Crippen molar-refractivity contribution in [2.75, 3.05) is 7.11 Å². The summed E-state index contributed by atoms with van der Waals surface area (Å²) in [6.07, 6.45) is 6.29. The van der Waals surface area contributed by atoms with Gasteiger partial charge in [0.2, 0.25) is 5.91 Å². The maximum absolute atomic E-state index is 13.8. The molecule has 0 unspecified atom stereocenters. The Bertz CT molecular complexity index is 1530. The van der Waals surface area contributed by atoms with Crippen LogP contribution in [0.25, 0.3) is 33.3 Å². The van der Waals surface area contributed by atoms with E-state index in [0.29, 0.717) is 39.7 Å². The summed E-state index contributed by atoms with van der Waals surface area (Å²) in [4.78, 5) is 41.0. The molecule has 2 N–H and O–H groups in total. The molecule has 0 saturated carbocycles. The first-order chi connectivity index (χ1) is 17.0. The first-order valence-electron chi connectivity index (χ1n) is 10.9. The van der Waals surface area contributed by atoms with Crippen LogP contribution in [-0.4, -0.2) is 49.5 Å². The molecule has 0 fully saturated rings. The largest absolute Gasteiger partial charge is 0.467 e. The molecule has 1 atom stereocenters. The van der Waals surface area contributed by atoms with Crippen molar-refractivity contribution >= 4 is 33.9 Å². The van der Waals surface area contributed by atoms with Crippen LogP contribution in [0.3, 0.4) is 0 Å². The summed E-state index contributed by atoms with van der Waals surface area (Å²) >= 11 is 0. The first-order valence-corrected chi connectivity index (χ1v) is 10.9. The van der Waals surface area contributed by atoms with Crippen molar-refractivity contribution in [3.63, 3.8) is 0 Å². The molecule has 0 bridgehead atoms. The molecular formula is C25H21FN6O3. The number of nitrogens with zero attached hydrogens (tertiary/aromatic N) is 4. The van der Waals surface area contributed by atoms with E-state index < -0.39 is 17.8 Å². The van der Waals surface area contributed by atoms with Gasteiger partial charge in [0.25, 0.3) is 0 Å². The Morgan fingerprint density at radius 2 is 1.97 bits per heavy atom. The number of hydrogen-bond acceptors (Lipinski definition) is 6. The van der Waals surface area contributed by atoms with Gasteiger partial charge in [0.15, 0.2) is 0 Å². The highest BCUT2D eigenvalue weighted by Crippen LogP contribution is 2.31. The molecule has 1 amide bonds. The number of rotatable bonds is 7. The summed E-state index contributed by atoms with van der Waals surface area (Å²) in [6, 6.07) is 11.7. The molecule has 0 aliphatic heterocycles. The number of benzene rings is 1. The zero-order valence-corrected chi connectivity index (χ0v) is 18.7. The lowest BCUT2D eigenvalue weighted by Crippen LogP contribution is -2.44. The molecule has 4 aromatic heterocycles. The molecular weight excluding hydrogens is 451 g/mol. The molecule has 0 aliphatic carbocycles. The third kappa shape index (κ3) is 4.45. The highest BCUT2D eigenvalue weighted by Gasteiger charge is 2.23. The minimum Gasteiger partial charge on any atom is -0.467 e. The van der Waals surface area contributed by atoms with Gasteiger partial charge in [-0.3, -0.25) is 4.79 Å². The normalized spacial score (nSPS) is 12.1. The topological polar surface area (TPSA) is 115 Å². The minimum absolute atomic E-state index is 0.0632. The van der Waals surface area contributed by atoms with Gasteiger partial charge in [0, 0.05) is 35.2 Å². The van der Waals surface area contributed by atoms with Crippen LogP contribution in [0.4, 0.5) is 4.39 Å². The lowest BCUT2D eigenvalue weighted by atomic mass is 10.1. The number of aromatic nitrogens is 5. The van der Waals surface area contributed by atoms with Crippen LogP contribution >= 0.6 is 0 Å². The van der Waals surface area contributed by atoms with Crippen molar-refractivity contribution in [3.8, 4) is 11.3 Å². The SMILES string of the molecule is COC(=O)[C@H](Cc1ccccc1)NC(=O)Cn1ccc2c(-c3c[nH]c4ncc(F)cc34)ncnc21. The molecule has 5 rings (SSSR count). The Labute approximate surface area is 199 Å². The van der Waals surface area contributed by atoms with Gasteiger partial charge in [0.05, 0.1) is 19.0 Å². The monoisotopic (exact) mass is 472 g/mol. The molecule has 10 heteroatoms. The molecule has 35 heavy (non-hydrogen) atoms. The summed E-state index contributed by atoms with van der Waals surface area (Å²) in [6.45, 7) is -0.0632. The summed E-state index contributed by atoms with van der Waals surface area (Å²) in [5.41, 5.74) is 3.23. The quantitative estimate of drug-likeness (QED) is 0.352. The highest BCUT2D eigenvalue weighted by atomic mass is 19.1. The van der Waals surface area contributed by atoms with Gasteiger partial charge >= 0.3 is 5.97 Å². The van der Waals surface area contributed by atoms with Gasteiger partial charge in [-0.2, -0.15) is 0 Å². The molecule has 0 radical (unpaired) electrons. The van der Waals surface area contributed by atoms with E-state index in [1.807, 2.05) is 30.3 Å². The molecule has 176 valence electrons. The standard InChI is InChI=1S/C25H21FN6O3/c1-35-25(34)20(9-15-5-3-2-4-6-15)31-21(33)13-32-8-7-17-22(29-14-30-24(17)32)19-12-28-23-18(19)10-16(26)11-27-23/h2-8,10-12,14,20H,9,13H2,1H3,(H,27,28)(H,31,33)/t20-/m0/s1. The Hall–Kier alpha value is -4.60. The number of hydrogen-bond donors (Lipinski definition) is 2. The number of esters is 1. The summed E-state index contributed by atoms with van der Waals surface area (Å²) in [5, 5.41) is 4.05. The molecule has 0 aliphatic rings. The molecule has 0 saturated heterocycles. The Morgan fingerprint density at radius 1 is 1.14 bits per heavy atom. The number of pyridine rings is 1. The van der Waals surface area contributed by atoms with Gasteiger partial charge in [-0.15, -0.1) is 0 Å². The van der Waals surface area contributed by atoms with Gasteiger partial charge < -0.3 is 19.6 Å². The number of nitrogens with one attached hydrogen (secondary N) is 2. The first kappa shape index (κ1) is 22.2. The van der Waals surface area contributed by atoms with Gasteiger partial charge in [-0.1, -0.05) is 30.3 Å². The predicted molar refractivity (Wildman–Crippen MR) is 127 cm³/mol. The summed E-state index contributed by atoms with van der Waals surface area (Å²) < 4.78 is 20.3. The average Bonchev–Trinajstić information content (AvgIpc) is 3.47. The van der Waals surface area contributed by atoms with Gasteiger partial charge in [-0.05, 0) is 17.7 Å². The van der Waals surface area contributed by atoms with Crippen LogP contribution in [0.5, 0.6) is 0 Å². The summed E-state index contributed by atoms with van der Waals surface area (Å²) in [5.74, 6) is -1.34.